The summed E-state index contributed by atoms with van der Waals surface area (Å²) in [5.41, 5.74) is 2.23. The van der Waals surface area contributed by atoms with Crippen molar-refractivity contribution in [1.29, 1.82) is 0 Å². The highest BCUT2D eigenvalue weighted by atomic mass is 35.5. The minimum atomic E-state index is -1.13. The molecule has 1 aromatic heterocycles. The van der Waals surface area contributed by atoms with Gasteiger partial charge in [0.1, 0.15) is 29.3 Å². The van der Waals surface area contributed by atoms with Gasteiger partial charge in [0.15, 0.2) is 0 Å². The molecule has 10 nitrogen and oxygen atoms in total. The van der Waals surface area contributed by atoms with Crippen molar-refractivity contribution in [2.24, 2.45) is 7.05 Å². The predicted molar refractivity (Wildman–Crippen MR) is 170 cm³/mol. The number of nitrogens with one attached hydrogen (secondary N) is 2. The van der Waals surface area contributed by atoms with Gasteiger partial charge < -0.3 is 29.6 Å². The number of alkyl halides is 2. The van der Waals surface area contributed by atoms with E-state index in [9.17, 15) is 18.8 Å². The van der Waals surface area contributed by atoms with Crippen molar-refractivity contribution in [2.45, 2.75) is 58.2 Å². The zero-order chi connectivity index (χ0) is 32.4. The molecule has 3 aromatic rings. The first-order chi connectivity index (χ1) is 20.8. The molecule has 2 N–H and O–H groups in total. The van der Waals surface area contributed by atoms with Gasteiger partial charge >= 0.3 is 12.1 Å². The number of amides is 2. The maximum absolute atomic E-state index is 13.6. The molecule has 3 rings (SSSR count). The Bertz CT molecular complexity index is 1420. The third kappa shape index (κ3) is 9.99. The lowest BCUT2D eigenvalue weighted by Gasteiger charge is -2.25. The summed E-state index contributed by atoms with van der Waals surface area (Å²) in [5.74, 6) is -0.314. The molecule has 2 atom stereocenters. The van der Waals surface area contributed by atoms with E-state index in [1.807, 2.05) is 29.8 Å². The summed E-state index contributed by atoms with van der Waals surface area (Å²) in [7, 11) is 1.82. The number of carbonyl (C=O) groups is 3. The van der Waals surface area contributed by atoms with Crippen molar-refractivity contribution >= 4 is 57.9 Å². The van der Waals surface area contributed by atoms with Gasteiger partial charge in [0.05, 0.1) is 17.6 Å². The monoisotopic (exact) mass is 651 g/mol. The number of ether oxygens (including phenoxy) is 2. The number of hydrogen-bond acceptors (Lipinski definition) is 7. The topological polar surface area (TPSA) is 115 Å². The van der Waals surface area contributed by atoms with Gasteiger partial charge in [0.2, 0.25) is 5.91 Å². The predicted octanol–water partition coefficient (Wildman–Crippen LogP) is 4.72. The van der Waals surface area contributed by atoms with Crippen LogP contribution in [-0.2, 0) is 39.0 Å². The number of imidazole rings is 1. The Morgan fingerprint density at radius 1 is 1.00 bits per heavy atom. The molecule has 13 heteroatoms. The Kier molecular flexibility index (Phi) is 12.7. The lowest BCUT2D eigenvalue weighted by Crippen LogP contribution is -2.54. The van der Waals surface area contributed by atoms with Crippen LogP contribution >= 0.6 is 23.2 Å². The van der Waals surface area contributed by atoms with Crippen LogP contribution in [0.4, 0.5) is 14.9 Å². The molecule has 0 aliphatic heterocycles. The highest BCUT2D eigenvalue weighted by Gasteiger charge is 2.30. The van der Waals surface area contributed by atoms with Crippen LogP contribution in [0.3, 0.4) is 0 Å². The molecule has 44 heavy (non-hydrogen) atoms. The van der Waals surface area contributed by atoms with Gasteiger partial charge in [-0.3, -0.25) is 4.79 Å². The van der Waals surface area contributed by atoms with Crippen LogP contribution in [0.25, 0.3) is 11.0 Å². The van der Waals surface area contributed by atoms with E-state index in [2.05, 4.69) is 15.5 Å². The summed E-state index contributed by atoms with van der Waals surface area (Å²) in [6, 6.07) is 9.14. The lowest BCUT2D eigenvalue weighted by molar-refractivity contribution is -0.147. The molecule has 0 saturated heterocycles. The summed E-state index contributed by atoms with van der Waals surface area (Å²) in [4.78, 5) is 46.1. The number of esters is 1. The van der Waals surface area contributed by atoms with Crippen molar-refractivity contribution in [2.75, 3.05) is 36.4 Å². The normalized spacial score (nSPS) is 12.8. The molecular weight excluding hydrogens is 612 g/mol. The number of carbonyl (C=O) groups excluding carboxylic acids is 3. The molecule has 0 radical (unpaired) electrons. The number of hydrogen-bond donors (Lipinski definition) is 2. The number of rotatable bonds is 14. The SMILES string of the molecule is CCOC(=O)[C@H](Cc1nc2cc(N(CCCl)CCCl)ccc2n1C)NC(=O)[C@H](Cc1ccc(F)cc1)NC(=O)OC(C)(C)C. The van der Waals surface area contributed by atoms with E-state index < -0.39 is 41.5 Å². The Labute approximate surface area is 267 Å². The molecule has 0 aliphatic carbocycles. The Morgan fingerprint density at radius 3 is 2.25 bits per heavy atom. The molecule has 0 saturated carbocycles. The van der Waals surface area contributed by atoms with E-state index in [1.165, 1.54) is 24.3 Å². The number of benzene rings is 2. The van der Waals surface area contributed by atoms with Crippen LogP contribution in [0.2, 0.25) is 0 Å². The number of fused-ring (bicyclic) bond motifs is 1. The number of alkyl carbamates (subject to hydrolysis) is 1. The molecule has 0 bridgehead atoms. The molecule has 0 aliphatic rings. The summed E-state index contributed by atoms with van der Waals surface area (Å²) < 4.78 is 26.0. The van der Waals surface area contributed by atoms with E-state index in [1.54, 1.807) is 27.7 Å². The average Bonchev–Trinajstić information content (AvgIpc) is 3.26. The molecule has 0 unspecified atom stereocenters. The minimum absolute atomic E-state index is 0.0217. The van der Waals surface area contributed by atoms with Gasteiger partial charge in [-0.15, -0.1) is 23.2 Å². The maximum Gasteiger partial charge on any atom is 0.408 e. The van der Waals surface area contributed by atoms with Crippen LogP contribution in [0.15, 0.2) is 42.5 Å². The molecule has 2 amide bonds. The first kappa shape index (κ1) is 34.9. The molecule has 0 fully saturated rings. The fraction of sp³-hybridized carbons (Fsp3) is 0.484. The van der Waals surface area contributed by atoms with Crippen molar-refractivity contribution in [3.8, 4) is 0 Å². The number of aromatic nitrogens is 2. The van der Waals surface area contributed by atoms with E-state index in [0.29, 0.717) is 41.8 Å². The van der Waals surface area contributed by atoms with E-state index in [4.69, 9.17) is 37.7 Å². The first-order valence-electron chi connectivity index (χ1n) is 14.4. The van der Waals surface area contributed by atoms with Gasteiger partial charge in [0, 0.05) is 50.4 Å². The Hall–Kier alpha value is -3.57. The summed E-state index contributed by atoms with van der Waals surface area (Å²) in [6.07, 6.45) is -0.763. The minimum Gasteiger partial charge on any atom is -0.464 e. The summed E-state index contributed by atoms with van der Waals surface area (Å²) in [5, 5.41) is 5.32. The van der Waals surface area contributed by atoms with Crippen molar-refractivity contribution in [1.82, 2.24) is 20.2 Å². The second-order valence-corrected chi connectivity index (χ2v) is 11.9. The number of halogens is 3. The van der Waals surface area contributed by atoms with Crippen LogP contribution < -0.4 is 15.5 Å². The Balaban J connectivity index is 1.89. The van der Waals surface area contributed by atoms with E-state index >= 15 is 0 Å². The van der Waals surface area contributed by atoms with E-state index in [0.717, 1.165) is 11.2 Å². The Morgan fingerprint density at radius 2 is 1.66 bits per heavy atom. The van der Waals surface area contributed by atoms with Gasteiger partial charge in [-0.05, 0) is 63.6 Å². The standard InChI is InChI=1S/C31H40Cl2FN5O5/c1-6-43-29(41)25(19-27-35-23-18-22(11-12-26(23)38(27)5)39(15-13-32)16-14-33)36-28(40)24(37-30(42)44-31(2,3)4)17-20-7-9-21(34)10-8-20/h7-12,18,24-25H,6,13-17,19H2,1-5H3,(H,36,40)(H,37,42)/t24-,25-/m0/s1. The van der Waals surface area contributed by atoms with E-state index in [-0.39, 0.29) is 19.4 Å². The average molecular weight is 653 g/mol. The van der Waals surface area contributed by atoms with Crippen molar-refractivity contribution < 1.29 is 28.2 Å². The maximum atomic E-state index is 13.6. The second-order valence-electron chi connectivity index (χ2n) is 11.2. The number of aryl methyl sites for hydroxylation is 1. The summed E-state index contributed by atoms with van der Waals surface area (Å²) in [6.45, 7) is 8.10. The van der Waals surface area contributed by atoms with Crippen LogP contribution in [0, 0.1) is 5.82 Å². The van der Waals surface area contributed by atoms with Crippen molar-refractivity contribution in [3.63, 3.8) is 0 Å². The smallest absolute Gasteiger partial charge is 0.408 e. The van der Waals surface area contributed by atoms with Crippen LogP contribution in [0.1, 0.15) is 39.1 Å². The summed E-state index contributed by atoms with van der Waals surface area (Å²) >= 11 is 12.0. The van der Waals surface area contributed by atoms with Crippen LogP contribution in [0.5, 0.6) is 0 Å². The lowest BCUT2D eigenvalue weighted by atomic mass is 10.0. The fourth-order valence-corrected chi connectivity index (χ4v) is 5.01. The van der Waals surface area contributed by atoms with Gasteiger partial charge in [0.25, 0.3) is 0 Å². The zero-order valence-corrected chi connectivity index (χ0v) is 27.2. The number of anilines is 1. The second kappa shape index (κ2) is 15.9. The molecule has 1 heterocycles. The quantitative estimate of drug-likeness (QED) is 0.191. The van der Waals surface area contributed by atoms with Crippen LogP contribution in [-0.4, -0.2) is 76.7 Å². The van der Waals surface area contributed by atoms with Gasteiger partial charge in [-0.2, -0.15) is 0 Å². The molecular formula is C31H40Cl2FN5O5. The first-order valence-corrected chi connectivity index (χ1v) is 15.4. The highest BCUT2D eigenvalue weighted by molar-refractivity contribution is 6.18. The van der Waals surface area contributed by atoms with Gasteiger partial charge in [-0.1, -0.05) is 12.1 Å². The largest absolute Gasteiger partial charge is 0.464 e. The number of nitrogens with zero attached hydrogens (tertiary/aromatic N) is 3. The van der Waals surface area contributed by atoms with Crippen molar-refractivity contribution in [3.05, 3.63) is 59.7 Å². The third-order valence-corrected chi connectivity index (χ3v) is 7.00. The zero-order valence-electron chi connectivity index (χ0n) is 25.7. The van der Waals surface area contributed by atoms with Gasteiger partial charge in [-0.25, -0.2) is 19.0 Å². The highest BCUT2D eigenvalue weighted by Crippen LogP contribution is 2.23. The molecule has 0 spiro atoms. The fourth-order valence-electron chi connectivity index (χ4n) is 4.60. The molecule has 240 valence electrons. The molecule has 2 aromatic carbocycles. The third-order valence-electron chi connectivity index (χ3n) is 6.67.